The summed E-state index contributed by atoms with van der Waals surface area (Å²) in [6, 6.07) is 17.8. The van der Waals surface area contributed by atoms with E-state index in [4.69, 9.17) is 4.42 Å². The van der Waals surface area contributed by atoms with Crippen LogP contribution in [0.3, 0.4) is 0 Å². The largest absolute Gasteiger partial charge is 0.419 e. The molecule has 0 unspecified atom stereocenters. The van der Waals surface area contributed by atoms with Crippen molar-refractivity contribution < 1.29 is 4.42 Å². The van der Waals surface area contributed by atoms with Crippen LogP contribution in [0.5, 0.6) is 0 Å². The lowest BCUT2D eigenvalue weighted by atomic mass is 10.0. The quantitative estimate of drug-likeness (QED) is 0.549. The van der Waals surface area contributed by atoms with Crippen molar-refractivity contribution in [3.63, 3.8) is 0 Å². The van der Waals surface area contributed by atoms with Gasteiger partial charge in [-0.25, -0.2) is 0 Å². The molecular weight excluding hydrogens is 328 g/mol. The molecule has 0 saturated heterocycles. The summed E-state index contributed by atoms with van der Waals surface area (Å²) < 4.78 is 5.68. The first-order valence-electron chi connectivity index (χ1n) is 8.45. The smallest absolute Gasteiger partial charge is 0.247 e. The standard InChI is InChI=1S/C19H18N6O/c1-13(2)14-8-10-15(11-9-14)18-21-24-25(23-18)12-17-20-22-19(26-17)16-6-4-3-5-7-16/h3-11,13H,12H2,1-2H3. The number of aromatic nitrogens is 6. The van der Waals surface area contributed by atoms with E-state index in [1.54, 1.807) is 0 Å². The highest BCUT2D eigenvalue weighted by Gasteiger charge is 2.12. The highest BCUT2D eigenvalue weighted by atomic mass is 16.4. The Hall–Kier alpha value is -3.35. The fourth-order valence-electron chi connectivity index (χ4n) is 2.58. The van der Waals surface area contributed by atoms with Crippen LogP contribution >= 0.6 is 0 Å². The van der Waals surface area contributed by atoms with Crippen LogP contribution in [0.15, 0.2) is 59.0 Å². The molecule has 0 saturated carbocycles. The zero-order valence-electron chi connectivity index (χ0n) is 14.6. The molecule has 7 nitrogen and oxygen atoms in total. The van der Waals surface area contributed by atoms with E-state index < -0.39 is 0 Å². The SMILES string of the molecule is CC(C)c1ccc(-c2nnn(Cc3nnc(-c4ccccc4)o3)n2)cc1. The van der Waals surface area contributed by atoms with Crippen LogP contribution in [0.4, 0.5) is 0 Å². The maximum Gasteiger partial charge on any atom is 0.247 e. The zero-order valence-corrected chi connectivity index (χ0v) is 14.6. The molecule has 130 valence electrons. The highest BCUT2D eigenvalue weighted by molar-refractivity contribution is 5.54. The van der Waals surface area contributed by atoms with Gasteiger partial charge in [0.05, 0.1) is 0 Å². The molecule has 0 bridgehead atoms. The van der Waals surface area contributed by atoms with Gasteiger partial charge in [0.1, 0.15) is 6.54 Å². The number of tetrazole rings is 1. The molecule has 2 aromatic heterocycles. The van der Waals surface area contributed by atoms with Crippen molar-refractivity contribution in [3.05, 3.63) is 66.1 Å². The Morgan fingerprint density at radius 1 is 0.885 bits per heavy atom. The summed E-state index contributed by atoms with van der Waals surface area (Å²) in [7, 11) is 0. The van der Waals surface area contributed by atoms with Crippen LogP contribution < -0.4 is 0 Å². The monoisotopic (exact) mass is 346 g/mol. The molecule has 4 aromatic rings. The fourth-order valence-corrected chi connectivity index (χ4v) is 2.58. The minimum Gasteiger partial charge on any atom is -0.419 e. The normalized spacial score (nSPS) is 11.2. The van der Waals surface area contributed by atoms with E-state index in [0.717, 1.165) is 11.1 Å². The third kappa shape index (κ3) is 3.37. The fraction of sp³-hybridized carbons (Fsp3) is 0.211. The van der Waals surface area contributed by atoms with Crippen LogP contribution in [0.2, 0.25) is 0 Å². The molecule has 4 rings (SSSR count). The number of rotatable bonds is 5. The Kier molecular flexibility index (Phi) is 4.27. The van der Waals surface area contributed by atoms with Crippen molar-refractivity contribution in [1.29, 1.82) is 0 Å². The van der Waals surface area contributed by atoms with E-state index in [9.17, 15) is 0 Å². The topological polar surface area (TPSA) is 82.5 Å². The van der Waals surface area contributed by atoms with Crippen molar-refractivity contribution in [2.24, 2.45) is 0 Å². The van der Waals surface area contributed by atoms with Crippen molar-refractivity contribution in [2.75, 3.05) is 0 Å². The summed E-state index contributed by atoms with van der Waals surface area (Å²) in [4.78, 5) is 1.45. The second-order valence-corrected chi connectivity index (χ2v) is 6.29. The molecule has 0 radical (unpaired) electrons. The zero-order chi connectivity index (χ0) is 17.9. The number of nitrogens with zero attached hydrogens (tertiary/aromatic N) is 6. The van der Waals surface area contributed by atoms with Gasteiger partial charge in [0.25, 0.3) is 0 Å². The summed E-state index contributed by atoms with van der Waals surface area (Å²) >= 11 is 0. The molecule has 0 N–H and O–H groups in total. The van der Waals surface area contributed by atoms with Gasteiger partial charge < -0.3 is 4.42 Å². The average molecular weight is 346 g/mol. The second kappa shape index (κ2) is 6.87. The van der Waals surface area contributed by atoms with Gasteiger partial charge in [-0.15, -0.1) is 20.4 Å². The Morgan fingerprint density at radius 3 is 2.38 bits per heavy atom. The molecule has 7 heteroatoms. The third-order valence-electron chi connectivity index (χ3n) is 4.05. The Bertz CT molecular complexity index is 988. The van der Waals surface area contributed by atoms with Gasteiger partial charge in [0, 0.05) is 11.1 Å². The summed E-state index contributed by atoms with van der Waals surface area (Å²) in [6.45, 7) is 4.60. The minimum atomic E-state index is 0.275. The lowest BCUT2D eigenvalue weighted by Gasteiger charge is -2.04. The van der Waals surface area contributed by atoms with Crippen molar-refractivity contribution in [3.8, 4) is 22.8 Å². The molecular formula is C19H18N6O. The van der Waals surface area contributed by atoms with Crippen molar-refractivity contribution >= 4 is 0 Å². The van der Waals surface area contributed by atoms with Crippen molar-refractivity contribution in [1.82, 2.24) is 30.4 Å². The Morgan fingerprint density at radius 2 is 1.65 bits per heavy atom. The molecule has 26 heavy (non-hydrogen) atoms. The first-order chi connectivity index (χ1) is 12.7. The average Bonchev–Trinajstić information content (AvgIpc) is 3.33. The number of hydrogen-bond donors (Lipinski definition) is 0. The predicted octanol–water partition coefficient (Wildman–Crippen LogP) is 3.56. The summed E-state index contributed by atoms with van der Waals surface area (Å²) in [6.07, 6.45) is 0. The third-order valence-corrected chi connectivity index (χ3v) is 4.05. The molecule has 0 spiro atoms. The van der Waals surface area contributed by atoms with Gasteiger partial charge in [-0.1, -0.05) is 56.3 Å². The summed E-state index contributed by atoms with van der Waals surface area (Å²) in [5.41, 5.74) is 3.08. The molecule has 0 fully saturated rings. The van der Waals surface area contributed by atoms with Gasteiger partial charge in [0.15, 0.2) is 0 Å². The van der Waals surface area contributed by atoms with Crippen LogP contribution in [0, 0.1) is 0 Å². The number of benzene rings is 2. The predicted molar refractivity (Wildman–Crippen MR) is 96.2 cm³/mol. The first kappa shape index (κ1) is 16.1. The molecule has 0 aliphatic heterocycles. The Balaban J connectivity index is 1.49. The van der Waals surface area contributed by atoms with Gasteiger partial charge in [-0.3, -0.25) is 0 Å². The van der Waals surface area contributed by atoms with Crippen LogP contribution in [0.1, 0.15) is 31.2 Å². The van der Waals surface area contributed by atoms with Gasteiger partial charge in [-0.2, -0.15) is 4.80 Å². The maximum atomic E-state index is 5.68. The summed E-state index contributed by atoms with van der Waals surface area (Å²) in [5, 5.41) is 20.7. The maximum absolute atomic E-state index is 5.68. The lowest BCUT2D eigenvalue weighted by Crippen LogP contribution is -2.04. The second-order valence-electron chi connectivity index (χ2n) is 6.29. The summed E-state index contributed by atoms with van der Waals surface area (Å²) in [5.74, 6) is 1.97. The molecule has 0 aliphatic rings. The van der Waals surface area contributed by atoms with Gasteiger partial charge in [0.2, 0.25) is 17.6 Å². The molecule has 0 aliphatic carbocycles. The van der Waals surface area contributed by atoms with E-state index in [1.807, 2.05) is 42.5 Å². The minimum absolute atomic E-state index is 0.275. The van der Waals surface area contributed by atoms with Crippen molar-refractivity contribution in [2.45, 2.75) is 26.3 Å². The van der Waals surface area contributed by atoms with E-state index in [-0.39, 0.29) is 6.54 Å². The van der Waals surface area contributed by atoms with Crippen LogP contribution in [-0.2, 0) is 6.54 Å². The first-order valence-corrected chi connectivity index (χ1v) is 8.45. The van der Waals surface area contributed by atoms with Gasteiger partial charge >= 0.3 is 0 Å². The Labute approximate surface area is 150 Å². The van der Waals surface area contributed by atoms with E-state index in [1.165, 1.54) is 10.4 Å². The molecule has 0 atom stereocenters. The van der Waals surface area contributed by atoms with E-state index >= 15 is 0 Å². The van der Waals surface area contributed by atoms with Crippen LogP contribution in [-0.4, -0.2) is 30.4 Å². The van der Waals surface area contributed by atoms with E-state index in [2.05, 4.69) is 51.6 Å². The lowest BCUT2D eigenvalue weighted by molar-refractivity contribution is 0.446. The molecule has 0 amide bonds. The van der Waals surface area contributed by atoms with E-state index in [0.29, 0.717) is 23.5 Å². The van der Waals surface area contributed by atoms with Gasteiger partial charge in [-0.05, 0) is 28.8 Å². The molecule has 2 aromatic carbocycles. The van der Waals surface area contributed by atoms with Crippen LogP contribution in [0.25, 0.3) is 22.8 Å². The molecule has 2 heterocycles. The number of hydrogen-bond acceptors (Lipinski definition) is 6. The highest BCUT2D eigenvalue weighted by Crippen LogP contribution is 2.20.